The van der Waals surface area contributed by atoms with Crippen LogP contribution >= 0.6 is 0 Å². The summed E-state index contributed by atoms with van der Waals surface area (Å²) in [6, 6.07) is 2.42. The molecule has 1 rings (SSSR count). The fraction of sp³-hybridized carbons (Fsp3) is 0.500. The highest BCUT2D eigenvalue weighted by Crippen LogP contribution is 2.16. The van der Waals surface area contributed by atoms with Crippen molar-refractivity contribution in [1.29, 1.82) is 0 Å². The van der Waals surface area contributed by atoms with Crippen molar-refractivity contribution in [3.8, 4) is 0 Å². The van der Waals surface area contributed by atoms with E-state index in [1.807, 2.05) is 13.8 Å². The van der Waals surface area contributed by atoms with Crippen molar-refractivity contribution >= 4 is 17.5 Å². The van der Waals surface area contributed by atoms with Gasteiger partial charge in [-0.25, -0.2) is 0 Å². The summed E-state index contributed by atoms with van der Waals surface area (Å²) < 4.78 is 1.29. The molecular formula is C14H21N3O3. The average Bonchev–Trinajstić information content (AvgIpc) is 2.38. The third kappa shape index (κ3) is 3.94. The van der Waals surface area contributed by atoms with Crippen LogP contribution in [0.15, 0.2) is 23.1 Å². The molecular weight excluding hydrogens is 258 g/mol. The van der Waals surface area contributed by atoms with Gasteiger partial charge in [0.1, 0.15) is 11.7 Å². The molecule has 0 fully saturated rings. The molecule has 20 heavy (non-hydrogen) atoms. The number of anilines is 1. The van der Waals surface area contributed by atoms with Gasteiger partial charge >= 0.3 is 0 Å². The van der Waals surface area contributed by atoms with Crippen LogP contribution in [-0.4, -0.2) is 16.4 Å². The predicted octanol–water partition coefficient (Wildman–Crippen LogP) is 1.27. The van der Waals surface area contributed by atoms with Crippen LogP contribution in [0.2, 0.25) is 0 Å². The number of primary amides is 1. The van der Waals surface area contributed by atoms with E-state index in [-0.39, 0.29) is 23.9 Å². The first-order valence-corrected chi connectivity index (χ1v) is 6.67. The van der Waals surface area contributed by atoms with Crippen molar-refractivity contribution in [3.05, 3.63) is 28.7 Å². The zero-order valence-electron chi connectivity index (χ0n) is 12.1. The highest BCUT2D eigenvalue weighted by atomic mass is 16.2. The molecule has 0 aromatic carbocycles. The van der Waals surface area contributed by atoms with Crippen LogP contribution < -0.4 is 16.6 Å². The lowest BCUT2D eigenvalue weighted by molar-refractivity contribution is -0.121. The Hall–Kier alpha value is -2.11. The van der Waals surface area contributed by atoms with Gasteiger partial charge in [-0.05, 0) is 24.5 Å². The van der Waals surface area contributed by atoms with Crippen LogP contribution in [0.4, 0.5) is 5.69 Å². The van der Waals surface area contributed by atoms with E-state index in [1.54, 1.807) is 13.0 Å². The van der Waals surface area contributed by atoms with E-state index in [4.69, 9.17) is 5.73 Å². The molecule has 0 spiro atoms. The van der Waals surface area contributed by atoms with Crippen LogP contribution in [-0.2, 0) is 9.59 Å². The molecule has 0 aliphatic carbocycles. The lowest BCUT2D eigenvalue weighted by atomic mass is 10.0. The van der Waals surface area contributed by atoms with Crippen molar-refractivity contribution in [2.24, 2.45) is 11.7 Å². The van der Waals surface area contributed by atoms with Crippen molar-refractivity contribution in [1.82, 2.24) is 4.57 Å². The van der Waals surface area contributed by atoms with Crippen molar-refractivity contribution in [3.63, 3.8) is 0 Å². The van der Waals surface area contributed by atoms with Gasteiger partial charge in [-0.2, -0.15) is 0 Å². The standard InChI is InChI=1S/C14H21N3O3/c1-4-12(18)16-10-6-5-7-17(14(10)20)11(13(15)19)8-9(2)3/h5-7,9,11H,4,8H2,1-3H3,(H2,15,19)(H,16,18). The summed E-state index contributed by atoms with van der Waals surface area (Å²) in [6.07, 6.45) is 2.27. The zero-order chi connectivity index (χ0) is 15.3. The summed E-state index contributed by atoms with van der Waals surface area (Å²) in [5.41, 5.74) is 5.12. The third-order valence-electron chi connectivity index (χ3n) is 2.93. The fourth-order valence-corrected chi connectivity index (χ4v) is 1.90. The maximum Gasteiger partial charge on any atom is 0.275 e. The fourth-order valence-electron chi connectivity index (χ4n) is 1.90. The minimum absolute atomic E-state index is 0.161. The minimum Gasteiger partial charge on any atom is -0.368 e. The van der Waals surface area contributed by atoms with Gasteiger partial charge in [-0.15, -0.1) is 0 Å². The topological polar surface area (TPSA) is 94.2 Å². The summed E-state index contributed by atoms with van der Waals surface area (Å²) in [5.74, 6) is -0.590. The van der Waals surface area contributed by atoms with E-state index in [9.17, 15) is 14.4 Å². The van der Waals surface area contributed by atoms with Crippen LogP contribution in [0.25, 0.3) is 0 Å². The van der Waals surface area contributed by atoms with Crippen molar-refractivity contribution in [2.75, 3.05) is 5.32 Å². The molecule has 1 aromatic rings. The SMILES string of the molecule is CCC(=O)Nc1cccn(C(CC(C)C)C(N)=O)c1=O. The largest absolute Gasteiger partial charge is 0.368 e. The molecule has 0 saturated heterocycles. The molecule has 1 unspecified atom stereocenters. The number of hydrogen-bond acceptors (Lipinski definition) is 3. The van der Waals surface area contributed by atoms with Gasteiger partial charge in [0.05, 0.1) is 0 Å². The Bertz CT molecular complexity index is 549. The second-order valence-corrected chi connectivity index (χ2v) is 5.08. The molecule has 2 amide bonds. The Kier molecular flexibility index (Phi) is 5.49. The van der Waals surface area contributed by atoms with Crippen LogP contribution in [0.3, 0.4) is 0 Å². The van der Waals surface area contributed by atoms with E-state index >= 15 is 0 Å². The van der Waals surface area contributed by atoms with E-state index in [0.29, 0.717) is 6.42 Å². The number of amides is 2. The van der Waals surface area contributed by atoms with Crippen molar-refractivity contribution in [2.45, 2.75) is 39.7 Å². The second kappa shape index (κ2) is 6.88. The Balaban J connectivity index is 3.17. The molecule has 1 atom stereocenters. The molecule has 1 aromatic heterocycles. The van der Waals surface area contributed by atoms with E-state index in [2.05, 4.69) is 5.32 Å². The normalized spacial score (nSPS) is 12.2. The first kappa shape index (κ1) is 15.9. The maximum atomic E-state index is 12.3. The molecule has 0 aliphatic heterocycles. The molecule has 0 aliphatic rings. The lowest BCUT2D eigenvalue weighted by Gasteiger charge is -2.19. The lowest BCUT2D eigenvalue weighted by Crippen LogP contribution is -2.35. The number of nitrogens with zero attached hydrogens (tertiary/aromatic N) is 1. The number of rotatable bonds is 6. The smallest absolute Gasteiger partial charge is 0.275 e. The van der Waals surface area contributed by atoms with Gasteiger partial charge in [0.2, 0.25) is 11.8 Å². The molecule has 0 saturated carbocycles. The summed E-state index contributed by atoms with van der Waals surface area (Å²) >= 11 is 0. The summed E-state index contributed by atoms with van der Waals surface area (Å²) in [7, 11) is 0. The molecule has 110 valence electrons. The quantitative estimate of drug-likeness (QED) is 0.821. The van der Waals surface area contributed by atoms with Crippen LogP contribution in [0.1, 0.15) is 39.7 Å². The Labute approximate surface area is 118 Å². The number of hydrogen-bond donors (Lipinski definition) is 2. The number of nitrogens with two attached hydrogens (primary N) is 1. The molecule has 0 bridgehead atoms. The number of aromatic nitrogens is 1. The minimum atomic E-state index is -0.707. The van der Waals surface area contributed by atoms with Gasteiger partial charge in [-0.1, -0.05) is 20.8 Å². The van der Waals surface area contributed by atoms with Gasteiger partial charge in [0.25, 0.3) is 5.56 Å². The van der Waals surface area contributed by atoms with E-state index < -0.39 is 17.5 Å². The third-order valence-corrected chi connectivity index (χ3v) is 2.93. The molecule has 3 N–H and O–H groups in total. The first-order valence-electron chi connectivity index (χ1n) is 6.67. The number of pyridine rings is 1. The summed E-state index contributed by atoms with van der Waals surface area (Å²) in [5, 5.41) is 2.52. The summed E-state index contributed by atoms with van der Waals surface area (Å²) in [6.45, 7) is 5.59. The highest BCUT2D eigenvalue weighted by molar-refractivity contribution is 5.90. The maximum absolute atomic E-state index is 12.3. The van der Waals surface area contributed by atoms with E-state index in [1.165, 1.54) is 16.8 Å². The van der Waals surface area contributed by atoms with Crippen LogP contribution in [0.5, 0.6) is 0 Å². The van der Waals surface area contributed by atoms with Gasteiger partial charge < -0.3 is 15.6 Å². The molecule has 6 heteroatoms. The Morgan fingerprint density at radius 1 is 1.40 bits per heavy atom. The van der Waals surface area contributed by atoms with Gasteiger partial charge in [0.15, 0.2) is 0 Å². The zero-order valence-corrected chi connectivity index (χ0v) is 12.1. The Morgan fingerprint density at radius 2 is 2.05 bits per heavy atom. The molecule has 1 heterocycles. The highest BCUT2D eigenvalue weighted by Gasteiger charge is 2.21. The summed E-state index contributed by atoms with van der Waals surface area (Å²) in [4.78, 5) is 35.2. The van der Waals surface area contributed by atoms with Crippen molar-refractivity contribution < 1.29 is 9.59 Å². The first-order chi connectivity index (χ1) is 9.36. The Morgan fingerprint density at radius 3 is 2.55 bits per heavy atom. The van der Waals surface area contributed by atoms with E-state index in [0.717, 1.165) is 0 Å². The average molecular weight is 279 g/mol. The molecule has 0 radical (unpaired) electrons. The molecule has 6 nitrogen and oxygen atoms in total. The monoisotopic (exact) mass is 279 g/mol. The number of carbonyl (C=O) groups excluding carboxylic acids is 2. The predicted molar refractivity (Wildman–Crippen MR) is 77.3 cm³/mol. The van der Waals surface area contributed by atoms with Gasteiger partial charge in [-0.3, -0.25) is 14.4 Å². The van der Waals surface area contributed by atoms with Crippen LogP contribution in [0, 0.1) is 5.92 Å². The van der Waals surface area contributed by atoms with Gasteiger partial charge in [0, 0.05) is 12.6 Å². The number of carbonyl (C=O) groups is 2. The second-order valence-electron chi connectivity index (χ2n) is 5.08. The number of nitrogens with one attached hydrogen (secondary N) is 1.